The molecule has 0 bridgehead atoms. The van der Waals surface area contributed by atoms with Gasteiger partial charge < -0.3 is 10.6 Å². The lowest BCUT2D eigenvalue weighted by Gasteiger charge is -2.07. The molecule has 0 radical (unpaired) electrons. The van der Waals surface area contributed by atoms with Crippen LogP contribution in [0.3, 0.4) is 0 Å². The Labute approximate surface area is 118 Å². The van der Waals surface area contributed by atoms with E-state index in [9.17, 15) is 4.79 Å². The molecule has 5 nitrogen and oxygen atoms in total. The summed E-state index contributed by atoms with van der Waals surface area (Å²) in [5.41, 5.74) is 2.57. The molecule has 0 saturated heterocycles. The lowest BCUT2D eigenvalue weighted by atomic mass is 10.1. The van der Waals surface area contributed by atoms with E-state index < -0.39 is 0 Å². The van der Waals surface area contributed by atoms with Crippen LogP contribution in [-0.2, 0) is 6.54 Å². The highest BCUT2D eigenvalue weighted by Crippen LogP contribution is 2.07. The highest BCUT2D eigenvalue weighted by Gasteiger charge is 2.08. The summed E-state index contributed by atoms with van der Waals surface area (Å²) < 4.78 is 0. The Morgan fingerprint density at radius 3 is 2.65 bits per heavy atom. The van der Waals surface area contributed by atoms with E-state index in [1.54, 1.807) is 6.20 Å². The number of aryl methyl sites for hydroxylation is 1. The number of nitrogens with zero attached hydrogens (tertiary/aromatic N) is 2. The predicted octanol–water partition coefficient (Wildman–Crippen LogP) is 2.15. The summed E-state index contributed by atoms with van der Waals surface area (Å²) in [5.74, 6) is 0.451. The van der Waals surface area contributed by atoms with Crippen LogP contribution in [0.4, 0.5) is 5.82 Å². The lowest BCUT2D eigenvalue weighted by molar-refractivity contribution is 0.0945. The number of carbonyl (C=O) groups excluding carboxylic acids is 1. The molecular weight excluding hydrogens is 252 g/mol. The van der Waals surface area contributed by atoms with Gasteiger partial charge in [0.25, 0.3) is 5.91 Å². The van der Waals surface area contributed by atoms with E-state index in [2.05, 4.69) is 20.6 Å². The van der Waals surface area contributed by atoms with Crippen LogP contribution in [0.2, 0.25) is 0 Å². The first-order valence-electron chi connectivity index (χ1n) is 6.59. The zero-order valence-corrected chi connectivity index (χ0v) is 11.7. The molecule has 0 fully saturated rings. The molecule has 2 N–H and O–H groups in total. The second-order valence-corrected chi connectivity index (χ2v) is 4.43. The summed E-state index contributed by atoms with van der Waals surface area (Å²) in [6.45, 7) is 5.26. The zero-order valence-electron chi connectivity index (χ0n) is 11.7. The average molecular weight is 270 g/mol. The van der Waals surface area contributed by atoms with E-state index in [1.807, 2.05) is 38.1 Å². The second-order valence-electron chi connectivity index (χ2n) is 4.43. The van der Waals surface area contributed by atoms with Crippen molar-refractivity contribution in [3.8, 4) is 0 Å². The van der Waals surface area contributed by atoms with Gasteiger partial charge in [-0.15, -0.1) is 0 Å². The molecule has 0 spiro atoms. The monoisotopic (exact) mass is 270 g/mol. The van der Waals surface area contributed by atoms with Crippen molar-refractivity contribution in [2.75, 3.05) is 11.9 Å². The number of hydrogen-bond donors (Lipinski definition) is 2. The number of aromatic nitrogens is 2. The van der Waals surface area contributed by atoms with E-state index in [0.29, 0.717) is 18.1 Å². The largest absolute Gasteiger partial charge is 0.369 e. The summed E-state index contributed by atoms with van der Waals surface area (Å²) in [6.07, 6.45) is 3.04. The Bertz CT molecular complexity index is 581. The fraction of sp³-hybridized carbons (Fsp3) is 0.267. The van der Waals surface area contributed by atoms with Gasteiger partial charge in [0.15, 0.2) is 0 Å². The smallest absolute Gasteiger partial charge is 0.271 e. The Morgan fingerprint density at radius 1 is 1.20 bits per heavy atom. The molecule has 20 heavy (non-hydrogen) atoms. The number of carbonyl (C=O) groups is 1. The van der Waals surface area contributed by atoms with Crippen molar-refractivity contribution in [2.24, 2.45) is 0 Å². The van der Waals surface area contributed by atoms with Gasteiger partial charge in [-0.05, 0) is 25.0 Å². The molecule has 1 amide bonds. The first-order valence-corrected chi connectivity index (χ1v) is 6.59. The molecule has 2 aromatic rings. The van der Waals surface area contributed by atoms with Crippen molar-refractivity contribution in [3.63, 3.8) is 0 Å². The van der Waals surface area contributed by atoms with Crippen molar-refractivity contribution in [3.05, 3.63) is 53.5 Å². The molecule has 2 rings (SSSR count). The van der Waals surface area contributed by atoms with Crippen LogP contribution in [-0.4, -0.2) is 22.4 Å². The van der Waals surface area contributed by atoms with E-state index in [0.717, 1.165) is 17.7 Å². The maximum atomic E-state index is 12.0. The van der Waals surface area contributed by atoms with Gasteiger partial charge in [0, 0.05) is 13.1 Å². The maximum absolute atomic E-state index is 12.0. The number of nitrogens with one attached hydrogen (secondary N) is 2. The van der Waals surface area contributed by atoms with Crippen LogP contribution in [0.1, 0.15) is 28.5 Å². The third kappa shape index (κ3) is 3.54. The Balaban J connectivity index is 1.96. The van der Waals surface area contributed by atoms with E-state index >= 15 is 0 Å². The molecule has 5 heteroatoms. The minimum atomic E-state index is -0.219. The molecule has 0 atom stereocenters. The molecular formula is C15H18N4O. The molecule has 1 heterocycles. The van der Waals surface area contributed by atoms with Gasteiger partial charge in [0.05, 0.1) is 12.4 Å². The van der Waals surface area contributed by atoms with Gasteiger partial charge in [-0.1, -0.05) is 24.3 Å². The molecule has 104 valence electrons. The lowest BCUT2D eigenvalue weighted by Crippen LogP contribution is -2.24. The third-order valence-electron chi connectivity index (χ3n) is 2.94. The van der Waals surface area contributed by atoms with Crippen LogP contribution in [0.5, 0.6) is 0 Å². The molecule has 0 unspecified atom stereocenters. The Kier molecular flexibility index (Phi) is 4.65. The van der Waals surface area contributed by atoms with Crippen LogP contribution >= 0.6 is 0 Å². The SMILES string of the molecule is CCNc1cnc(C(=O)NCc2ccccc2C)cn1. The van der Waals surface area contributed by atoms with E-state index in [1.165, 1.54) is 6.20 Å². The maximum Gasteiger partial charge on any atom is 0.271 e. The van der Waals surface area contributed by atoms with Crippen molar-refractivity contribution in [2.45, 2.75) is 20.4 Å². The van der Waals surface area contributed by atoms with Crippen LogP contribution in [0.15, 0.2) is 36.7 Å². The Morgan fingerprint density at radius 2 is 2.00 bits per heavy atom. The number of benzene rings is 1. The molecule has 0 saturated carbocycles. The van der Waals surface area contributed by atoms with E-state index in [4.69, 9.17) is 0 Å². The first-order chi connectivity index (χ1) is 9.70. The Hall–Kier alpha value is -2.43. The summed E-state index contributed by atoms with van der Waals surface area (Å²) in [6, 6.07) is 7.95. The van der Waals surface area contributed by atoms with E-state index in [-0.39, 0.29) is 5.91 Å². The van der Waals surface area contributed by atoms with Crippen molar-refractivity contribution in [1.82, 2.24) is 15.3 Å². The topological polar surface area (TPSA) is 66.9 Å². The van der Waals surface area contributed by atoms with Crippen LogP contribution in [0, 0.1) is 6.92 Å². The minimum absolute atomic E-state index is 0.219. The van der Waals surface area contributed by atoms with Crippen molar-refractivity contribution in [1.29, 1.82) is 0 Å². The van der Waals surface area contributed by atoms with Gasteiger partial charge >= 0.3 is 0 Å². The van der Waals surface area contributed by atoms with Gasteiger partial charge in [-0.2, -0.15) is 0 Å². The van der Waals surface area contributed by atoms with Gasteiger partial charge in [0.1, 0.15) is 11.5 Å². The molecule has 0 aliphatic carbocycles. The highest BCUT2D eigenvalue weighted by molar-refractivity contribution is 5.91. The number of amides is 1. The normalized spacial score (nSPS) is 10.1. The second kappa shape index (κ2) is 6.65. The third-order valence-corrected chi connectivity index (χ3v) is 2.94. The number of hydrogen-bond acceptors (Lipinski definition) is 4. The minimum Gasteiger partial charge on any atom is -0.369 e. The van der Waals surface area contributed by atoms with Crippen LogP contribution in [0.25, 0.3) is 0 Å². The van der Waals surface area contributed by atoms with Gasteiger partial charge in [-0.3, -0.25) is 4.79 Å². The fourth-order valence-electron chi connectivity index (χ4n) is 1.79. The highest BCUT2D eigenvalue weighted by atomic mass is 16.1. The number of anilines is 1. The number of rotatable bonds is 5. The molecule has 0 aliphatic heterocycles. The standard InChI is InChI=1S/C15H18N4O/c1-3-16-14-10-17-13(9-18-14)15(20)19-8-12-7-5-4-6-11(12)2/h4-7,9-10H,3,8H2,1-2H3,(H,16,18)(H,19,20). The average Bonchev–Trinajstić information content (AvgIpc) is 2.47. The summed E-state index contributed by atoms with van der Waals surface area (Å²) >= 11 is 0. The quantitative estimate of drug-likeness (QED) is 0.873. The summed E-state index contributed by atoms with van der Waals surface area (Å²) in [4.78, 5) is 20.2. The van der Waals surface area contributed by atoms with Crippen molar-refractivity contribution >= 4 is 11.7 Å². The molecule has 1 aromatic carbocycles. The summed E-state index contributed by atoms with van der Waals surface area (Å²) in [7, 11) is 0. The van der Waals surface area contributed by atoms with Gasteiger partial charge in [-0.25, -0.2) is 9.97 Å². The molecule has 0 aliphatic rings. The fourth-order valence-corrected chi connectivity index (χ4v) is 1.79. The van der Waals surface area contributed by atoms with Crippen molar-refractivity contribution < 1.29 is 4.79 Å². The molecule has 1 aromatic heterocycles. The zero-order chi connectivity index (χ0) is 14.4. The first kappa shape index (κ1) is 14.0. The summed E-state index contributed by atoms with van der Waals surface area (Å²) in [5, 5.41) is 5.88. The van der Waals surface area contributed by atoms with Crippen LogP contribution < -0.4 is 10.6 Å². The van der Waals surface area contributed by atoms with Gasteiger partial charge in [0.2, 0.25) is 0 Å². The predicted molar refractivity (Wildman–Crippen MR) is 78.5 cm³/mol.